The largest absolute Gasteiger partial charge is 0.339 e. The third-order valence-corrected chi connectivity index (χ3v) is 5.12. The molecule has 2 heterocycles. The van der Waals surface area contributed by atoms with Gasteiger partial charge in [0.25, 0.3) is 5.91 Å². The van der Waals surface area contributed by atoms with Crippen molar-refractivity contribution in [1.82, 2.24) is 9.88 Å². The molecule has 1 amide bonds. The fourth-order valence-corrected chi connectivity index (χ4v) is 3.58. The van der Waals surface area contributed by atoms with Gasteiger partial charge >= 0.3 is 0 Å². The first-order valence-electron chi connectivity index (χ1n) is 7.81. The molecule has 0 N–H and O–H groups in total. The summed E-state index contributed by atoms with van der Waals surface area (Å²) in [6, 6.07) is 10.2. The van der Waals surface area contributed by atoms with Gasteiger partial charge in [-0.15, -0.1) is 0 Å². The molecule has 1 atom stereocenters. The van der Waals surface area contributed by atoms with E-state index in [-0.39, 0.29) is 17.0 Å². The lowest BCUT2D eigenvalue weighted by Gasteiger charge is -2.15. The highest BCUT2D eigenvalue weighted by Gasteiger charge is 2.19. The molecule has 3 nitrogen and oxygen atoms in total. The number of nitrogens with zero attached hydrogens (tertiary/aromatic N) is 2. The Morgan fingerprint density at radius 1 is 1.17 bits per heavy atom. The van der Waals surface area contributed by atoms with Crippen LogP contribution < -0.4 is 0 Å². The number of carbonyl (C=O) groups excluding carboxylic acids is 1. The zero-order valence-corrected chi connectivity index (χ0v) is 13.9. The van der Waals surface area contributed by atoms with E-state index in [2.05, 4.69) is 11.9 Å². The third kappa shape index (κ3) is 3.91. The van der Waals surface area contributed by atoms with Gasteiger partial charge in [-0.3, -0.25) is 4.79 Å². The lowest BCUT2D eigenvalue weighted by Crippen LogP contribution is -2.27. The SMILES string of the molecule is CC(Sc1ccc(C(=O)N2CCCC2)cn1)c1ccc(F)cc1. The highest BCUT2D eigenvalue weighted by atomic mass is 32.2. The Kier molecular flexibility index (Phi) is 4.96. The number of benzene rings is 1. The van der Waals surface area contributed by atoms with Crippen LogP contribution >= 0.6 is 11.8 Å². The van der Waals surface area contributed by atoms with Crippen molar-refractivity contribution in [3.63, 3.8) is 0 Å². The molecule has 2 aromatic rings. The lowest BCUT2D eigenvalue weighted by atomic mass is 10.2. The highest BCUT2D eigenvalue weighted by Crippen LogP contribution is 2.33. The fraction of sp³-hybridized carbons (Fsp3) is 0.333. The van der Waals surface area contributed by atoms with E-state index in [4.69, 9.17) is 0 Å². The molecule has 5 heteroatoms. The summed E-state index contributed by atoms with van der Waals surface area (Å²) in [5.74, 6) is -0.160. The zero-order chi connectivity index (χ0) is 16.2. The van der Waals surface area contributed by atoms with Crippen LogP contribution in [0.1, 0.15) is 40.9 Å². The van der Waals surface area contributed by atoms with Crippen LogP contribution in [0, 0.1) is 5.82 Å². The lowest BCUT2D eigenvalue weighted by molar-refractivity contribution is 0.0792. The summed E-state index contributed by atoms with van der Waals surface area (Å²) in [5.41, 5.74) is 1.70. The van der Waals surface area contributed by atoms with Crippen LogP contribution in [0.3, 0.4) is 0 Å². The molecule has 0 bridgehead atoms. The monoisotopic (exact) mass is 330 g/mol. The van der Waals surface area contributed by atoms with Gasteiger partial charge in [0, 0.05) is 24.5 Å². The first kappa shape index (κ1) is 16.0. The van der Waals surface area contributed by atoms with E-state index in [0.717, 1.165) is 36.5 Å². The molecule has 0 aliphatic carbocycles. The maximum absolute atomic E-state index is 13.0. The Balaban J connectivity index is 1.65. The quantitative estimate of drug-likeness (QED) is 0.783. The Labute approximate surface area is 139 Å². The van der Waals surface area contributed by atoms with Crippen LogP contribution in [0.2, 0.25) is 0 Å². The number of carbonyl (C=O) groups is 1. The fourth-order valence-electron chi connectivity index (χ4n) is 2.66. The molecular weight excluding hydrogens is 311 g/mol. The summed E-state index contributed by atoms with van der Waals surface area (Å²) in [6.07, 6.45) is 3.82. The molecule has 1 aromatic heterocycles. The van der Waals surface area contributed by atoms with Gasteiger partial charge in [0.15, 0.2) is 0 Å². The summed E-state index contributed by atoms with van der Waals surface area (Å²) >= 11 is 1.60. The number of thioether (sulfide) groups is 1. The van der Waals surface area contributed by atoms with E-state index in [9.17, 15) is 9.18 Å². The van der Waals surface area contributed by atoms with Crippen LogP contribution in [0.4, 0.5) is 4.39 Å². The van der Waals surface area contributed by atoms with Crippen LogP contribution in [0.15, 0.2) is 47.6 Å². The minimum atomic E-state index is -0.228. The van der Waals surface area contributed by atoms with Crippen molar-refractivity contribution < 1.29 is 9.18 Å². The predicted octanol–water partition coefficient (Wildman–Crippen LogP) is 4.31. The Hall–Kier alpha value is -1.88. The molecule has 3 rings (SSSR count). The molecule has 1 aromatic carbocycles. The second-order valence-electron chi connectivity index (χ2n) is 5.70. The molecule has 23 heavy (non-hydrogen) atoms. The summed E-state index contributed by atoms with van der Waals surface area (Å²) in [6.45, 7) is 3.75. The second-order valence-corrected chi connectivity index (χ2v) is 7.06. The van der Waals surface area contributed by atoms with Crippen LogP contribution in [0.25, 0.3) is 0 Å². The topological polar surface area (TPSA) is 33.2 Å². The van der Waals surface area contributed by atoms with Crippen LogP contribution in [0.5, 0.6) is 0 Å². The van der Waals surface area contributed by atoms with Crippen molar-refractivity contribution in [2.75, 3.05) is 13.1 Å². The van der Waals surface area contributed by atoms with Crippen molar-refractivity contribution in [3.8, 4) is 0 Å². The van der Waals surface area contributed by atoms with E-state index in [1.807, 2.05) is 17.0 Å². The molecular formula is C18H19FN2OS. The van der Waals surface area contributed by atoms with E-state index < -0.39 is 0 Å². The van der Waals surface area contributed by atoms with Gasteiger partial charge in [-0.1, -0.05) is 23.9 Å². The first-order valence-corrected chi connectivity index (χ1v) is 8.69. The van der Waals surface area contributed by atoms with E-state index in [0.29, 0.717) is 5.56 Å². The highest BCUT2D eigenvalue weighted by molar-refractivity contribution is 7.99. The summed E-state index contributed by atoms with van der Waals surface area (Å²) in [7, 11) is 0. The number of aromatic nitrogens is 1. The number of amides is 1. The molecule has 1 aliphatic heterocycles. The van der Waals surface area contributed by atoms with Gasteiger partial charge in [0.05, 0.1) is 10.6 Å². The summed E-state index contributed by atoms with van der Waals surface area (Å²) < 4.78 is 13.0. The first-order chi connectivity index (χ1) is 11.1. The average molecular weight is 330 g/mol. The third-order valence-electron chi connectivity index (χ3n) is 4.01. The average Bonchev–Trinajstić information content (AvgIpc) is 3.10. The number of rotatable bonds is 4. The Morgan fingerprint density at radius 3 is 2.48 bits per heavy atom. The van der Waals surface area contributed by atoms with E-state index in [1.54, 1.807) is 30.1 Å². The number of pyridine rings is 1. The number of hydrogen-bond acceptors (Lipinski definition) is 3. The molecule has 0 saturated carbocycles. The van der Waals surface area contributed by atoms with Gasteiger partial charge in [0.1, 0.15) is 5.82 Å². The van der Waals surface area contributed by atoms with Crippen LogP contribution in [-0.4, -0.2) is 28.9 Å². The normalized spacial score (nSPS) is 15.7. The zero-order valence-electron chi connectivity index (χ0n) is 13.0. The van der Waals surface area contributed by atoms with Crippen molar-refractivity contribution in [2.45, 2.75) is 30.0 Å². The van der Waals surface area contributed by atoms with Gasteiger partial charge in [0.2, 0.25) is 0 Å². The predicted molar refractivity (Wildman–Crippen MR) is 90.0 cm³/mol. The van der Waals surface area contributed by atoms with Crippen molar-refractivity contribution in [3.05, 3.63) is 59.5 Å². The molecule has 0 spiro atoms. The van der Waals surface area contributed by atoms with Crippen LogP contribution in [-0.2, 0) is 0 Å². The maximum atomic E-state index is 13.0. The number of halogens is 1. The standard InChI is InChI=1S/C18H19FN2OS/c1-13(14-4-7-16(19)8-5-14)23-17-9-6-15(12-20-17)18(22)21-10-2-3-11-21/h4-9,12-13H,2-3,10-11H2,1H3. The minimum absolute atomic E-state index is 0.0677. The molecule has 1 fully saturated rings. The Bertz CT molecular complexity index is 666. The number of likely N-dealkylation sites (tertiary alicyclic amines) is 1. The van der Waals surface area contributed by atoms with Crippen molar-refractivity contribution in [1.29, 1.82) is 0 Å². The Morgan fingerprint density at radius 2 is 1.87 bits per heavy atom. The molecule has 120 valence electrons. The number of hydrogen-bond donors (Lipinski definition) is 0. The molecule has 1 saturated heterocycles. The summed E-state index contributed by atoms with van der Waals surface area (Å²) in [5, 5.41) is 1.03. The van der Waals surface area contributed by atoms with Gasteiger partial charge in [-0.05, 0) is 49.6 Å². The molecule has 1 unspecified atom stereocenters. The summed E-state index contributed by atoms with van der Waals surface area (Å²) in [4.78, 5) is 18.6. The van der Waals surface area contributed by atoms with Crippen molar-refractivity contribution in [2.24, 2.45) is 0 Å². The van der Waals surface area contributed by atoms with Gasteiger partial charge in [-0.2, -0.15) is 0 Å². The smallest absolute Gasteiger partial charge is 0.255 e. The second kappa shape index (κ2) is 7.13. The van der Waals surface area contributed by atoms with Gasteiger partial charge in [-0.25, -0.2) is 9.37 Å². The van der Waals surface area contributed by atoms with E-state index in [1.165, 1.54) is 12.1 Å². The van der Waals surface area contributed by atoms with Gasteiger partial charge < -0.3 is 4.90 Å². The maximum Gasteiger partial charge on any atom is 0.255 e. The van der Waals surface area contributed by atoms with E-state index >= 15 is 0 Å². The molecule has 0 radical (unpaired) electrons. The minimum Gasteiger partial charge on any atom is -0.339 e. The molecule has 1 aliphatic rings. The van der Waals surface area contributed by atoms with Crippen molar-refractivity contribution >= 4 is 17.7 Å².